The summed E-state index contributed by atoms with van der Waals surface area (Å²) in [6.45, 7) is 0. The van der Waals surface area contributed by atoms with Crippen LogP contribution in [0, 0.1) is 0 Å². The molecule has 0 radical (unpaired) electrons. The first-order valence-corrected chi connectivity index (χ1v) is 8.84. The zero-order chi connectivity index (χ0) is 16.9. The highest BCUT2D eigenvalue weighted by Crippen LogP contribution is 2.26. The van der Waals surface area contributed by atoms with Crippen molar-refractivity contribution in [3.05, 3.63) is 51.9 Å². The van der Waals surface area contributed by atoms with Crippen LogP contribution >= 0.6 is 22.7 Å². The van der Waals surface area contributed by atoms with Crippen LogP contribution in [-0.4, -0.2) is 24.0 Å². The summed E-state index contributed by atoms with van der Waals surface area (Å²) < 4.78 is 9.98. The summed E-state index contributed by atoms with van der Waals surface area (Å²) in [7, 11) is 1.33. The first-order valence-electron chi connectivity index (χ1n) is 7.08. The summed E-state index contributed by atoms with van der Waals surface area (Å²) >= 11 is 2.79. The molecule has 0 aliphatic rings. The normalized spacial score (nSPS) is 11.9. The molecule has 1 atom stereocenters. The molecule has 1 amide bonds. The van der Waals surface area contributed by atoms with Crippen LogP contribution in [0.2, 0.25) is 0 Å². The summed E-state index contributed by atoms with van der Waals surface area (Å²) in [5.74, 6) is -0.113. The maximum absolute atomic E-state index is 12.5. The van der Waals surface area contributed by atoms with E-state index in [1.54, 1.807) is 23.8 Å². The van der Waals surface area contributed by atoms with Crippen molar-refractivity contribution in [3.63, 3.8) is 0 Å². The van der Waals surface area contributed by atoms with Crippen molar-refractivity contribution >= 4 is 34.6 Å². The number of rotatable bonds is 6. The first kappa shape index (κ1) is 16.4. The number of aromatic nitrogens is 1. The Morgan fingerprint density at radius 2 is 2.21 bits per heavy atom. The van der Waals surface area contributed by atoms with Crippen molar-refractivity contribution in [2.75, 3.05) is 7.11 Å². The van der Waals surface area contributed by atoms with Crippen LogP contribution in [0.15, 0.2) is 45.7 Å². The number of carbonyl (C=O) groups is 2. The van der Waals surface area contributed by atoms with Gasteiger partial charge in [-0.25, -0.2) is 4.98 Å². The number of esters is 1. The third-order valence-electron chi connectivity index (χ3n) is 3.26. The number of carbonyl (C=O) groups excluding carboxylic acids is 2. The minimum absolute atomic E-state index is 0.0674. The molecular weight excluding hydrogens is 348 g/mol. The van der Waals surface area contributed by atoms with Gasteiger partial charge < -0.3 is 14.5 Å². The minimum Gasteiger partial charge on any atom is -0.469 e. The molecule has 0 bridgehead atoms. The highest BCUT2D eigenvalue weighted by atomic mass is 32.1. The van der Waals surface area contributed by atoms with E-state index >= 15 is 0 Å². The topological polar surface area (TPSA) is 81.4 Å². The molecule has 0 saturated heterocycles. The van der Waals surface area contributed by atoms with Crippen LogP contribution in [0.1, 0.15) is 27.8 Å². The van der Waals surface area contributed by atoms with Gasteiger partial charge in [0.2, 0.25) is 0 Å². The Hall–Kier alpha value is -2.45. The molecule has 3 heterocycles. The summed E-state index contributed by atoms with van der Waals surface area (Å²) in [5, 5.41) is 7.03. The molecule has 24 heavy (non-hydrogen) atoms. The second kappa shape index (κ2) is 7.41. The number of furan rings is 1. The molecule has 3 rings (SSSR count). The zero-order valence-corrected chi connectivity index (χ0v) is 14.4. The van der Waals surface area contributed by atoms with Gasteiger partial charge in [0.15, 0.2) is 10.8 Å². The molecule has 6 nitrogen and oxygen atoms in total. The lowest BCUT2D eigenvalue weighted by Gasteiger charge is -2.15. The Kier molecular flexibility index (Phi) is 5.07. The third kappa shape index (κ3) is 3.72. The SMILES string of the molecule is COC(=O)C[C@@H](NC(=O)c1csc(-c2ccco2)n1)c1cccs1. The van der Waals surface area contributed by atoms with E-state index in [9.17, 15) is 9.59 Å². The predicted molar refractivity (Wildman–Crippen MR) is 91.0 cm³/mol. The smallest absolute Gasteiger partial charge is 0.307 e. The lowest BCUT2D eigenvalue weighted by Crippen LogP contribution is -2.30. The number of nitrogens with one attached hydrogen (secondary N) is 1. The van der Waals surface area contributed by atoms with Crippen molar-refractivity contribution in [2.24, 2.45) is 0 Å². The highest BCUT2D eigenvalue weighted by Gasteiger charge is 2.22. The quantitative estimate of drug-likeness (QED) is 0.679. The van der Waals surface area contributed by atoms with Crippen molar-refractivity contribution in [1.82, 2.24) is 10.3 Å². The number of hydrogen-bond acceptors (Lipinski definition) is 7. The van der Waals surface area contributed by atoms with Gasteiger partial charge in [-0.3, -0.25) is 9.59 Å². The molecule has 0 aliphatic carbocycles. The lowest BCUT2D eigenvalue weighted by atomic mass is 10.1. The number of thiazole rings is 1. The van der Waals surface area contributed by atoms with E-state index in [1.165, 1.54) is 29.8 Å². The molecule has 3 aromatic rings. The van der Waals surface area contributed by atoms with Crippen LogP contribution in [0.3, 0.4) is 0 Å². The van der Waals surface area contributed by atoms with Gasteiger partial charge in [-0.2, -0.15) is 0 Å². The van der Waals surface area contributed by atoms with E-state index in [2.05, 4.69) is 10.3 Å². The van der Waals surface area contributed by atoms with Crippen molar-refractivity contribution in [1.29, 1.82) is 0 Å². The maximum atomic E-state index is 12.5. The molecule has 124 valence electrons. The Bertz CT molecular complexity index is 809. The molecule has 0 aliphatic heterocycles. The van der Waals surface area contributed by atoms with E-state index in [0.29, 0.717) is 10.8 Å². The van der Waals surface area contributed by atoms with Gasteiger partial charge in [0.25, 0.3) is 5.91 Å². The summed E-state index contributed by atoms with van der Waals surface area (Å²) in [6, 6.07) is 6.84. The Morgan fingerprint density at radius 1 is 1.33 bits per heavy atom. The summed E-state index contributed by atoms with van der Waals surface area (Å²) in [4.78, 5) is 29.2. The zero-order valence-electron chi connectivity index (χ0n) is 12.7. The number of amides is 1. The van der Waals surface area contributed by atoms with Crippen LogP contribution in [0.4, 0.5) is 0 Å². The molecular formula is C16H14N2O4S2. The van der Waals surface area contributed by atoms with Gasteiger partial charge in [-0.15, -0.1) is 22.7 Å². The van der Waals surface area contributed by atoms with Gasteiger partial charge in [0.1, 0.15) is 5.69 Å². The molecule has 0 spiro atoms. The number of thiophene rings is 1. The summed E-state index contributed by atoms with van der Waals surface area (Å²) in [6.07, 6.45) is 1.62. The van der Waals surface area contributed by atoms with Gasteiger partial charge in [0, 0.05) is 10.3 Å². The van der Waals surface area contributed by atoms with Crippen LogP contribution < -0.4 is 5.32 Å². The molecule has 0 unspecified atom stereocenters. The van der Waals surface area contributed by atoms with E-state index in [0.717, 1.165) is 4.88 Å². The van der Waals surface area contributed by atoms with Crippen LogP contribution in [0.5, 0.6) is 0 Å². The first-order chi connectivity index (χ1) is 11.7. The molecule has 3 aromatic heterocycles. The Balaban J connectivity index is 1.74. The fraction of sp³-hybridized carbons (Fsp3) is 0.188. The Morgan fingerprint density at radius 3 is 2.88 bits per heavy atom. The van der Waals surface area contributed by atoms with Crippen LogP contribution in [0.25, 0.3) is 10.8 Å². The average Bonchev–Trinajstić information content (AvgIpc) is 3.35. The third-order valence-corrected chi connectivity index (χ3v) is 5.10. The number of nitrogens with zero attached hydrogens (tertiary/aromatic N) is 1. The van der Waals surface area contributed by atoms with Gasteiger partial charge in [-0.05, 0) is 23.6 Å². The van der Waals surface area contributed by atoms with E-state index < -0.39 is 6.04 Å². The molecule has 8 heteroatoms. The Labute approximate surface area is 146 Å². The fourth-order valence-electron chi connectivity index (χ4n) is 2.09. The van der Waals surface area contributed by atoms with Crippen molar-refractivity contribution < 1.29 is 18.7 Å². The highest BCUT2D eigenvalue weighted by molar-refractivity contribution is 7.13. The molecule has 0 aromatic carbocycles. The predicted octanol–water partition coefficient (Wildman–Crippen LogP) is 3.50. The lowest BCUT2D eigenvalue weighted by molar-refractivity contribution is -0.141. The monoisotopic (exact) mass is 362 g/mol. The van der Waals surface area contributed by atoms with Crippen molar-refractivity contribution in [2.45, 2.75) is 12.5 Å². The maximum Gasteiger partial charge on any atom is 0.307 e. The van der Waals surface area contributed by atoms with Gasteiger partial charge >= 0.3 is 5.97 Å². The average molecular weight is 362 g/mol. The van der Waals surface area contributed by atoms with Crippen molar-refractivity contribution in [3.8, 4) is 10.8 Å². The number of hydrogen-bond donors (Lipinski definition) is 1. The second-order valence-electron chi connectivity index (χ2n) is 4.84. The fourth-order valence-corrected chi connectivity index (χ4v) is 3.63. The molecule has 0 saturated carbocycles. The standard InChI is InChI=1S/C16H14N2O4S2/c1-21-14(19)8-10(13-5-3-7-23-13)17-15(20)11-9-24-16(18-11)12-4-2-6-22-12/h2-7,9-10H,8H2,1H3,(H,17,20)/t10-/m1/s1. The number of ether oxygens (including phenoxy) is 1. The van der Waals surface area contributed by atoms with E-state index in [-0.39, 0.29) is 24.0 Å². The van der Waals surface area contributed by atoms with E-state index in [1.807, 2.05) is 17.5 Å². The molecule has 1 N–H and O–H groups in total. The summed E-state index contributed by atoms with van der Waals surface area (Å²) in [5.41, 5.74) is 0.290. The van der Waals surface area contributed by atoms with Crippen LogP contribution in [-0.2, 0) is 9.53 Å². The van der Waals surface area contributed by atoms with E-state index in [4.69, 9.17) is 9.15 Å². The largest absolute Gasteiger partial charge is 0.469 e. The number of methoxy groups -OCH3 is 1. The van der Waals surface area contributed by atoms with Gasteiger partial charge in [0.05, 0.1) is 25.8 Å². The molecule has 0 fully saturated rings. The second-order valence-corrected chi connectivity index (χ2v) is 6.67. The van der Waals surface area contributed by atoms with Gasteiger partial charge in [-0.1, -0.05) is 6.07 Å². The minimum atomic E-state index is -0.446.